The third kappa shape index (κ3) is 6.97. The summed E-state index contributed by atoms with van der Waals surface area (Å²) in [7, 11) is 0. The molecule has 1 aromatic heterocycles. The smallest absolute Gasteiger partial charge is 0.257 e. The topological polar surface area (TPSA) is 88.9 Å². The molecule has 0 radical (unpaired) electrons. The third-order valence-corrected chi connectivity index (χ3v) is 5.80. The minimum Gasteiger partial charge on any atom is -0.475 e. The van der Waals surface area contributed by atoms with E-state index in [2.05, 4.69) is 32.0 Å². The molecular formula is C27H34FN5O3. The van der Waals surface area contributed by atoms with Crippen LogP contribution in [0.15, 0.2) is 53.3 Å². The van der Waals surface area contributed by atoms with E-state index in [-0.39, 0.29) is 5.91 Å². The predicted molar refractivity (Wildman–Crippen MR) is 140 cm³/mol. The van der Waals surface area contributed by atoms with E-state index < -0.39 is 5.67 Å². The molecule has 1 amide bonds. The largest absolute Gasteiger partial charge is 0.475 e. The van der Waals surface area contributed by atoms with Crippen molar-refractivity contribution in [2.75, 3.05) is 37.8 Å². The zero-order valence-corrected chi connectivity index (χ0v) is 21.6. The van der Waals surface area contributed by atoms with Gasteiger partial charge in [-0.2, -0.15) is 0 Å². The summed E-state index contributed by atoms with van der Waals surface area (Å²) < 4.78 is 25.4. The lowest BCUT2D eigenvalue weighted by Gasteiger charge is -2.29. The van der Waals surface area contributed by atoms with Crippen molar-refractivity contribution in [3.8, 4) is 5.88 Å². The molecular weight excluding hydrogens is 461 g/mol. The maximum Gasteiger partial charge on any atom is 0.257 e. The molecule has 2 aromatic rings. The van der Waals surface area contributed by atoms with Crippen molar-refractivity contribution in [3.63, 3.8) is 0 Å². The second-order valence-electron chi connectivity index (χ2n) is 8.95. The fourth-order valence-corrected chi connectivity index (χ4v) is 3.56. The van der Waals surface area contributed by atoms with Gasteiger partial charge in [0.05, 0.1) is 37.4 Å². The van der Waals surface area contributed by atoms with Crippen molar-refractivity contribution in [1.29, 1.82) is 0 Å². The van der Waals surface area contributed by atoms with Crippen LogP contribution in [0.1, 0.15) is 56.2 Å². The molecule has 1 aliphatic rings. The van der Waals surface area contributed by atoms with Gasteiger partial charge in [-0.1, -0.05) is 18.7 Å². The molecule has 0 bridgehead atoms. The number of rotatable bonds is 9. The molecule has 0 saturated carbocycles. The number of carbonyl (C=O) groups excluding carboxylic acids is 1. The van der Waals surface area contributed by atoms with Gasteiger partial charge in [-0.05, 0) is 64.0 Å². The highest BCUT2D eigenvalue weighted by Gasteiger charge is 2.21. The van der Waals surface area contributed by atoms with Crippen LogP contribution in [0.3, 0.4) is 0 Å². The Kier molecular flexibility index (Phi) is 8.93. The first-order valence-corrected chi connectivity index (χ1v) is 11.9. The van der Waals surface area contributed by atoms with Gasteiger partial charge in [-0.3, -0.25) is 9.79 Å². The molecule has 1 fully saturated rings. The Bertz CT molecular complexity index is 1160. The first kappa shape index (κ1) is 27.0. The minimum absolute atomic E-state index is 0.309. The maximum absolute atomic E-state index is 14.2. The Balaban J connectivity index is 1.74. The number of aliphatic imine (C=N–C) groups is 1. The van der Waals surface area contributed by atoms with Gasteiger partial charge >= 0.3 is 0 Å². The van der Waals surface area contributed by atoms with Gasteiger partial charge in [0.1, 0.15) is 11.4 Å². The highest BCUT2D eigenvalue weighted by Crippen LogP contribution is 2.30. The molecule has 192 valence electrons. The summed E-state index contributed by atoms with van der Waals surface area (Å²) in [6.45, 7) is 15.7. The van der Waals surface area contributed by atoms with E-state index in [0.717, 1.165) is 24.4 Å². The Labute approximate surface area is 211 Å². The number of alkyl halides is 1. The summed E-state index contributed by atoms with van der Waals surface area (Å²) in [5, 5.41) is 11.3. The molecule has 36 heavy (non-hydrogen) atoms. The fourth-order valence-electron chi connectivity index (χ4n) is 3.56. The predicted octanol–water partition coefficient (Wildman–Crippen LogP) is 4.68. The molecule has 1 aromatic carbocycles. The van der Waals surface area contributed by atoms with Crippen LogP contribution >= 0.6 is 0 Å². The van der Waals surface area contributed by atoms with Gasteiger partial charge in [-0.25, -0.2) is 4.39 Å². The van der Waals surface area contributed by atoms with Gasteiger partial charge in [0.25, 0.3) is 11.8 Å². The van der Waals surface area contributed by atoms with E-state index in [9.17, 15) is 9.18 Å². The summed E-state index contributed by atoms with van der Waals surface area (Å²) in [5.74, 6) is 0.108. The Hall–Kier alpha value is -3.59. The van der Waals surface area contributed by atoms with E-state index in [1.165, 1.54) is 26.1 Å². The van der Waals surface area contributed by atoms with Crippen LogP contribution in [0.25, 0.3) is 5.57 Å². The number of hydrogen-bond donors (Lipinski definition) is 1. The molecule has 1 aliphatic heterocycles. The number of nitrogens with one attached hydrogen (secondary N) is 1. The van der Waals surface area contributed by atoms with Gasteiger partial charge in [-0.15, -0.1) is 10.2 Å². The highest BCUT2D eigenvalue weighted by molar-refractivity contribution is 5.99. The number of nitrogens with zero attached hydrogens (tertiary/aromatic N) is 4. The first-order chi connectivity index (χ1) is 17.1. The quantitative estimate of drug-likeness (QED) is 0.508. The lowest BCUT2D eigenvalue weighted by molar-refractivity contribution is 0.0968. The number of morpholine rings is 1. The lowest BCUT2D eigenvalue weighted by atomic mass is 9.98. The van der Waals surface area contributed by atoms with Crippen molar-refractivity contribution in [1.82, 2.24) is 15.5 Å². The van der Waals surface area contributed by atoms with Crippen LogP contribution in [0.2, 0.25) is 0 Å². The van der Waals surface area contributed by atoms with Crippen LogP contribution in [0, 0.1) is 0 Å². The van der Waals surface area contributed by atoms with Crippen LogP contribution in [-0.2, 0) is 10.4 Å². The average molecular weight is 496 g/mol. The van der Waals surface area contributed by atoms with Gasteiger partial charge in [0.2, 0.25) is 0 Å². The molecule has 0 spiro atoms. The molecule has 8 nitrogen and oxygen atoms in total. The second-order valence-corrected chi connectivity index (χ2v) is 8.95. The number of ether oxygens (including phenoxy) is 2. The summed E-state index contributed by atoms with van der Waals surface area (Å²) in [4.78, 5) is 19.2. The van der Waals surface area contributed by atoms with Crippen molar-refractivity contribution in [2.45, 2.75) is 40.3 Å². The van der Waals surface area contributed by atoms with Gasteiger partial charge in [0.15, 0.2) is 0 Å². The molecule has 9 heteroatoms. The third-order valence-electron chi connectivity index (χ3n) is 5.80. The summed E-state index contributed by atoms with van der Waals surface area (Å²) >= 11 is 0. The van der Waals surface area contributed by atoms with Crippen LogP contribution < -0.4 is 15.0 Å². The first-order valence-electron chi connectivity index (χ1n) is 11.9. The van der Waals surface area contributed by atoms with E-state index in [0.29, 0.717) is 53.9 Å². The van der Waals surface area contributed by atoms with Crippen LogP contribution in [0.4, 0.5) is 10.1 Å². The molecule has 1 saturated heterocycles. The second kappa shape index (κ2) is 11.9. The van der Waals surface area contributed by atoms with Gasteiger partial charge in [0, 0.05) is 24.4 Å². The van der Waals surface area contributed by atoms with Crippen molar-refractivity contribution in [3.05, 3.63) is 65.1 Å². The Morgan fingerprint density at radius 1 is 1.28 bits per heavy atom. The van der Waals surface area contributed by atoms with E-state index in [1.54, 1.807) is 18.2 Å². The van der Waals surface area contributed by atoms with Crippen molar-refractivity contribution < 1.29 is 18.7 Å². The fraction of sp³-hybridized carbons (Fsp3) is 0.407. The van der Waals surface area contributed by atoms with E-state index >= 15 is 0 Å². The van der Waals surface area contributed by atoms with E-state index in [4.69, 9.17) is 9.47 Å². The number of halogens is 1. The Morgan fingerprint density at radius 3 is 2.67 bits per heavy atom. The highest BCUT2D eigenvalue weighted by atomic mass is 19.1. The lowest BCUT2D eigenvalue weighted by Crippen LogP contribution is -2.36. The van der Waals surface area contributed by atoms with Crippen LogP contribution in [-0.4, -0.2) is 55.2 Å². The maximum atomic E-state index is 14.2. The zero-order chi connectivity index (χ0) is 26.3. The molecule has 0 aliphatic carbocycles. The summed E-state index contributed by atoms with van der Waals surface area (Å²) in [6, 6.07) is 8.42. The monoisotopic (exact) mass is 495 g/mol. The molecule has 1 N–H and O–H groups in total. The normalized spacial score (nSPS) is 15.0. The number of hydrogen-bond acceptors (Lipinski definition) is 7. The molecule has 0 unspecified atom stereocenters. The standard InChI is InChI=1S/C27H34FN5O3/c1-7-36-26-24(33-11-13-35-14-12-33)16-23(31-32-26)19(3)20(4)29-17-18(2)30-25(34)21-9-8-10-22(15-21)27(5,6)28/h8-10,15-17H,2,7,11-14H2,1,3-6H3,(H,30,34)/b20-19+,29-17-. The number of carbonyl (C=O) groups is 1. The summed E-state index contributed by atoms with van der Waals surface area (Å²) in [5.41, 5.74) is 2.61. The SMILES string of the molecule is C=C(/C=N\C(C)=C(/C)c1cc(N2CCOCC2)c(OCC)nn1)NC(=O)c1cccc(C(C)(C)F)c1. The number of benzene rings is 1. The molecule has 2 heterocycles. The summed E-state index contributed by atoms with van der Waals surface area (Å²) in [6.07, 6.45) is 1.48. The minimum atomic E-state index is -1.54. The van der Waals surface area contributed by atoms with E-state index in [1.807, 2.05) is 26.8 Å². The average Bonchev–Trinajstić information content (AvgIpc) is 2.87. The van der Waals surface area contributed by atoms with Crippen LogP contribution in [0.5, 0.6) is 5.88 Å². The van der Waals surface area contributed by atoms with Crippen molar-refractivity contribution in [2.24, 2.45) is 4.99 Å². The number of anilines is 1. The van der Waals surface area contributed by atoms with Gasteiger partial charge < -0.3 is 19.7 Å². The number of amides is 1. The molecule has 0 atom stereocenters. The number of allylic oxidation sites excluding steroid dienone is 3. The Morgan fingerprint density at radius 2 is 2.00 bits per heavy atom. The number of aromatic nitrogens is 2. The zero-order valence-electron chi connectivity index (χ0n) is 21.6. The molecule has 3 rings (SSSR count). The van der Waals surface area contributed by atoms with Crippen molar-refractivity contribution >= 4 is 23.4 Å².